The SMILES string of the molecule is COC(=O)c1cnn([C@]2(C(=O)c3cccnc3OCC(F)F)CC[C@@H](C)NC2)n1. The second-order valence-electron chi connectivity index (χ2n) is 6.75. The molecule has 0 radical (unpaired) electrons. The number of piperidine rings is 1. The first-order chi connectivity index (χ1) is 13.9. The maximum Gasteiger partial charge on any atom is 0.360 e. The number of methoxy groups -OCH3 is 1. The van der Waals surface area contributed by atoms with Gasteiger partial charge in [-0.05, 0) is 31.9 Å². The van der Waals surface area contributed by atoms with Crippen LogP contribution in [0.1, 0.15) is 40.6 Å². The summed E-state index contributed by atoms with van der Waals surface area (Å²) in [4.78, 5) is 30.5. The predicted octanol–water partition coefficient (Wildman–Crippen LogP) is 1.45. The van der Waals surface area contributed by atoms with E-state index in [4.69, 9.17) is 4.74 Å². The second kappa shape index (κ2) is 8.60. The van der Waals surface area contributed by atoms with Crippen LogP contribution in [0.3, 0.4) is 0 Å². The van der Waals surface area contributed by atoms with E-state index in [0.717, 1.165) is 0 Å². The number of pyridine rings is 1. The molecule has 11 heteroatoms. The number of aromatic nitrogens is 4. The summed E-state index contributed by atoms with van der Waals surface area (Å²) < 4.78 is 34.9. The third-order valence-corrected chi connectivity index (χ3v) is 4.79. The normalized spacial score (nSPS) is 21.8. The molecule has 1 aliphatic heterocycles. The Morgan fingerprint density at radius 2 is 2.24 bits per heavy atom. The lowest BCUT2D eigenvalue weighted by molar-refractivity contribution is 0.0576. The van der Waals surface area contributed by atoms with Gasteiger partial charge in [-0.3, -0.25) is 4.79 Å². The third-order valence-electron chi connectivity index (χ3n) is 4.79. The molecule has 156 valence electrons. The molecule has 0 aromatic carbocycles. The molecule has 3 rings (SSSR count). The number of esters is 1. The Morgan fingerprint density at radius 3 is 2.90 bits per heavy atom. The Bertz CT molecular complexity index is 881. The summed E-state index contributed by atoms with van der Waals surface area (Å²) in [6.45, 7) is 1.28. The van der Waals surface area contributed by atoms with Crippen LogP contribution in [-0.4, -0.2) is 64.5 Å². The summed E-state index contributed by atoms with van der Waals surface area (Å²) in [5.41, 5.74) is -1.27. The fourth-order valence-electron chi connectivity index (χ4n) is 3.18. The highest BCUT2D eigenvalue weighted by atomic mass is 19.3. The Balaban J connectivity index is 2.01. The molecule has 1 aliphatic rings. The summed E-state index contributed by atoms with van der Waals surface area (Å²) in [7, 11) is 1.22. The van der Waals surface area contributed by atoms with Crippen molar-refractivity contribution < 1.29 is 27.8 Å². The van der Waals surface area contributed by atoms with Crippen molar-refractivity contribution >= 4 is 11.8 Å². The van der Waals surface area contributed by atoms with Crippen molar-refractivity contribution in [2.24, 2.45) is 0 Å². The Morgan fingerprint density at radius 1 is 1.45 bits per heavy atom. The van der Waals surface area contributed by atoms with Gasteiger partial charge in [-0.25, -0.2) is 18.6 Å². The van der Waals surface area contributed by atoms with E-state index in [-0.39, 0.29) is 29.7 Å². The molecule has 0 amide bonds. The monoisotopic (exact) mass is 409 g/mol. The summed E-state index contributed by atoms with van der Waals surface area (Å²) in [5, 5.41) is 11.5. The molecule has 1 fully saturated rings. The predicted molar refractivity (Wildman–Crippen MR) is 96.1 cm³/mol. The molecule has 0 bridgehead atoms. The smallest absolute Gasteiger partial charge is 0.360 e. The van der Waals surface area contributed by atoms with Gasteiger partial charge in [0, 0.05) is 18.8 Å². The van der Waals surface area contributed by atoms with Crippen LogP contribution in [0.4, 0.5) is 8.78 Å². The van der Waals surface area contributed by atoms with Crippen molar-refractivity contribution in [3.05, 3.63) is 35.8 Å². The minimum atomic E-state index is -2.71. The van der Waals surface area contributed by atoms with Gasteiger partial charge in [0.25, 0.3) is 6.43 Å². The Kier molecular flexibility index (Phi) is 6.16. The quantitative estimate of drug-likeness (QED) is 0.541. The molecule has 9 nitrogen and oxygen atoms in total. The lowest BCUT2D eigenvalue weighted by Gasteiger charge is -2.37. The minimum Gasteiger partial charge on any atom is -0.471 e. The Hall–Kier alpha value is -2.95. The molecular weight excluding hydrogens is 388 g/mol. The van der Waals surface area contributed by atoms with Gasteiger partial charge in [-0.1, -0.05) is 0 Å². The summed E-state index contributed by atoms with van der Waals surface area (Å²) in [6, 6.07) is 3.14. The van der Waals surface area contributed by atoms with Crippen LogP contribution in [0.5, 0.6) is 5.88 Å². The molecule has 2 aromatic heterocycles. The molecule has 0 saturated carbocycles. The van der Waals surface area contributed by atoms with Crippen molar-refractivity contribution in [2.45, 2.75) is 37.8 Å². The number of ether oxygens (including phenoxy) is 2. The van der Waals surface area contributed by atoms with E-state index in [2.05, 4.69) is 25.2 Å². The molecule has 2 aromatic rings. The standard InChI is InChI=1S/C18H21F2N5O4/c1-11-5-6-18(10-22-11,25-23-8-13(24-25)17(27)28-2)15(26)12-4-3-7-21-16(12)29-9-14(19)20/h3-4,7-8,11,14,22H,5-6,9-10H2,1-2H3/t11-,18-/m1/s1. The molecule has 1 saturated heterocycles. The van der Waals surface area contributed by atoms with Crippen LogP contribution in [-0.2, 0) is 10.3 Å². The number of Topliss-reactive ketones (excluding diaryl/α,β-unsaturated/α-hetero) is 1. The van der Waals surface area contributed by atoms with E-state index >= 15 is 0 Å². The number of ketones is 1. The number of alkyl halides is 2. The van der Waals surface area contributed by atoms with Crippen LogP contribution in [0.25, 0.3) is 0 Å². The first-order valence-electron chi connectivity index (χ1n) is 9.02. The number of carbonyl (C=O) groups excluding carboxylic acids is 2. The van der Waals surface area contributed by atoms with Crippen molar-refractivity contribution in [3.63, 3.8) is 0 Å². The highest BCUT2D eigenvalue weighted by molar-refractivity contribution is 6.03. The lowest BCUT2D eigenvalue weighted by atomic mass is 9.81. The van der Waals surface area contributed by atoms with E-state index in [9.17, 15) is 18.4 Å². The van der Waals surface area contributed by atoms with E-state index in [1.165, 1.54) is 36.4 Å². The minimum absolute atomic E-state index is 0.0429. The highest BCUT2D eigenvalue weighted by Gasteiger charge is 2.46. The first-order valence-corrected chi connectivity index (χ1v) is 9.02. The third kappa shape index (κ3) is 4.24. The summed E-state index contributed by atoms with van der Waals surface area (Å²) >= 11 is 0. The van der Waals surface area contributed by atoms with Crippen LogP contribution in [0.2, 0.25) is 0 Å². The topological polar surface area (TPSA) is 108 Å². The lowest BCUT2D eigenvalue weighted by Crippen LogP contribution is -2.56. The van der Waals surface area contributed by atoms with Crippen molar-refractivity contribution in [1.29, 1.82) is 0 Å². The first kappa shape index (κ1) is 20.8. The average molecular weight is 409 g/mol. The number of hydrogen-bond donors (Lipinski definition) is 1. The van der Waals surface area contributed by atoms with E-state index < -0.39 is 30.3 Å². The fourth-order valence-corrected chi connectivity index (χ4v) is 3.18. The van der Waals surface area contributed by atoms with Gasteiger partial charge in [0.15, 0.2) is 23.6 Å². The van der Waals surface area contributed by atoms with E-state index in [1.54, 1.807) is 0 Å². The zero-order chi connectivity index (χ0) is 21.0. The maximum atomic E-state index is 13.6. The molecule has 0 aliphatic carbocycles. The van der Waals surface area contributed by atoms with Crippen molar-refractivity contribution in [3.8, 4) is 5.88 Å². The fraction of sp³-hybridized carbons (Fsp3) is 0.500. The van der Waals surface area contributed by atoms with Crippen LogP contribution in [0, 0.1) is 0 Å². The molecular formula is C18H21F2N5O4. The van der Waals surface area contributed by atoms with Crippen molar-refractivity contribution in [1.82, 2.24) is 25.3 Å². The zero-order valence-electron chi connectivity index (χ0n) is 16.0. The van der Waals surface area contributed by atoms with Crippen LogP contribution < -0.4 is 10.1 Å². The van der Waals surface area contributed by atoms with Crippen LogP contribution in [0.15, 0.2) is 24.5 Å². The summed E-state index contributed by atoms with van der Waals surface area (Å²) in [6.07, 6.45) is 0.873. The van der Waals surface area contributed by atoms with Gasteiger partial charge in [-0.2, -0.15) is 9.90 Å². The van der Waals surface area contributed by atoms with Crippen LogP contribution >= 0.6 is 0 Å². The number of carbonyl (C=O) groups is 2. The second-order valence-corrected chi connectivity index (χ2v) is 6.75. The number of nitrogens with zero attached hydrogens (tertiary/aromatic N) is 4. The van der Waals surface area contributed by atoms with Gasteiger partial charge in [0.1, 0.15) is 0 Å². The summed E-state index contributed by atoms with van der Waals surface area (Å²) in [5.74, 6) is -1.31. The number of rotatable bonds is 7. The molecule has 1 N–H and O–H groups in total. The van der Waals surface area contributed by atoms with Gasteiger partial charge in [-0.15, -0.1) is 5.10 Å². The zero-order valence-corrected chi connectivity index (χ0v) is 16.0. The molecule has 3 heterocycles. The van der Waals surface area contributed by atoms with Gasteiger partial charge >= 0.3 is 5.97 Å². The highest BCUT2D eigenvalue weighted by Crippen LogP contribution is 2.32. The number of hydrogen-bond acceptors (Lipinski definition) is 8. The molecule has 0 spiro atoms. The molecule has 2 atom stereocenters. The number of nitrogens with one attached hydrogen (secondary N) is 1. The number of halogens is 2. The maximum absolute atomic E-state index is 13.6. The van der Waals surface area contributed by atoms with Gasteiger partial charge in [0.2, 0.25) is 5.88 Å². The Labute approximate surface area is 165 Å². The van der Waals surface area contributed by atoms with E-state index in [0.29, 0.717) is 12.8 Å². The molecule has 29 heavy (non-hydrogen) atoms. The van der Waals surface area contributed by atoms with E-state index in [1.807, 2.05) is 6.92 Å². The van der Waals surface area contributed by atoms with Crippen molar-refractivity contribution in [2.75, 3.05) is 20.3 Å². The molecule has 0 unspecified atom stereocenters. The van der Waals surface area contributed by atoms with Gasteiger partial charge < -0.3 is 14.8 Å². The average Bonchev–Trinajstić information content (AvgIpc) is 3.23. The largest absolute Gasteiger partial charge is 0.471 e. The van der Waals surface area contributed by atoms with Gasteiger partial charge in [0.05, 0.1) is 18.9 Å².